The maximum absolute atomic E-state index is 5.36. The zero-order chi connectivity index (χ0) is 42.1. The normalized spacial score (nSPS) is 11.8. The monoisotopic (exact) mass is 814 g/mol. The topological polar surface area (TPSA) is 35.6 Å². The van der Waals surface area contributed by atoms with Crippen molar-refractivity contribution in [2.24, 2.45) is 0 Å². The maximum atomic E-state index is 5.36. The highest BCUT2D eigenvalue weighted by Gasteiger charge is 2.18. The molecule has 0 spiro atoms. The number of para-hydroxylation sites is 3. The molecule has 0 saturated heterocycles. The first-order valence-electron chi connectivity index (χ1n) is 21.8. The number of hydrogen-bond acceptors (Lipinski definition) is 2. The number of nitrogens with zero attached hydrogens (tertiary/aromatic N) is 4. The van der Waals surface area contributed by atoms with Gasteiger partial charge in [0.15, 0.2) is 5.82 Å². The third kappa shape index (κ3) is 5.77. The van der Waals surface area contributed by atoms with E-state index in [1.165, 1.54) is 49.3 Å². The number of benzene rings is 10. The highest BCUT2D eigenvalue weighted by molar-refractivity contribution is 6.13. The predicted octanol–water partition coefficient (Wildman–Crippen LogP) is 15.6. The second-order valence-corrected chi connectivity index (χ2v) is 16.6. The second-order valence-electron chi connectivity index (χ2n) is 16.6. The molecule has 4 nitrogen and oxygen atoms in total. The van der Waals surface area contributed by atoms with Gasteiger partial charge in [-0.2, -0.15) is 0 Å². The highest BCUT2D eigenvalue weighted by atomic mass is 15.0. The van der Waals surface area contributed by atoms with E-state index in [4.69, 9.17) is 9.97 Å². The van der Waals surface area contributed by atoms with Crippen LogP contribution in [0.3, 0.4) is 0 Å². The first kappa shape index (κ1) is 36.1. The quantitative estimate of drug-likeness (QED) is 0.157. The van der Waals surface area contributed by atoms with Gasteiger partial charge in [0, 0.05) is 54.8 Å². The van der Waals surface area contributed by atoms with E-state index in [0.717, 1.165) is 66.5 Å². The summed E-state index contributed by atoms with van der Waals surface area (Å²) in [5, 5.41) is 8.24. The van der Waals surface area contributed by atoms with Crippen LogP contribution in [-0.4, -0.2) is 19.1 Å². The predicted molar refractivity (Wildman–Crippen MR) is 267 cm³/mol. The Morgan fingerprint density at radius 2 is 0.750 bits per heavy atom. The minimum absolute atomic E-state index is 0.698. The summed E-state index contributed by atoms with van der Waals surface area (Å²) in [4.78, 5) is 10.7. The van der Waals surface area contributed by atoms with Crippen LogP contribution in [0.1, 0.15) is 0 Å². The average Bonchev–Trinajstić information content (AvgIpc) is 3.89. The van der Waals surface area contributed by atoms with Gasteiger partial charge in [-0.1, -0.05) is 158 Å². The Kier molecular flexibility index (Phi) is 8.18. The second kappa shape index (κ2) is 14.5. The van der Waals surface area contributed by atoms with Gasteiger partial charge in [0.25, 0.3) is 0 Å². The van der Waals surface area contributed by atoms with Gasteiger partial charge in [-0.3, -0.25) is 0 Å². The van der Waals surface area contributed by atoms with Crippen molar-refractivity contribution in [3.63, 3.8) is 0 Å². The van der Waals surface area contributed by atoms with E-state index in [1.54, 1.807) is 0 Å². The van der Waals surface area contributed by atoms with Gasteiger partial charge in [0.1, 0.15) is 0 Å². The Hall–Kier alpha value is -8.60. The fourth-order valence-electron chi connectivity index (χ4n) is 9.88. The molecule has 0 aliphatic heterocycles. The van der Waals surface area contributed by atoms with E-state index in [1.807, 2.05) is 0 Å². The van der Waals surface area contributed by atoms with E-state index >= 15 is 0 Å². The van der Waals surface area contributed by atoms with Crippen molar-refractivity contribution in [1.82, 2.24) is 19.1 Å². The zero-order valence-electron chi connectivity index (χ0n) is 34.7. The summed E-state index contributed by atoms with van der Waals surface area (Å²) in [7, 11) is 0. The molecule has 3 heterocycles. The molecule has 0 saturated carbocycles. The molecule has 0 amide bonds. The molecule has 13 rings (SSSR count). The summed E-state index contributed by atoms with van der Waals surface area (Å²) in [6.07, 6.45) is 0. The first-order valence-corrected chi connectivity index (χ1v) is 21.8. The summed E-state index contributed by atoms with van der Waals surface area (Å²) in [6.45, 7) is 0. The molecule has 0 unspecified atom stereocenters. The van der Waals surface area contributed by atoms with Gasteiger partial charge in [-0.05, 0) is 100 Å². The smallest absolute Gasteiger partial charge is 0.160 e. The highest BCUT2D eigenvalue weighted by Crippen LogP contribution is 2.39. The van der Waals surface area contributed by atoms with Crippen molar-refractivity contribution < 1.29 is 0 Å². The van der Waals surface area contributed by atoms with Crippen molar-refractivity contribution in [3.8, 4) is 56.3 Å². The van der Waals surface area contributed by atoms with Crippen LogP contribution in [0, 0.1) is 0 Å². The molecule has 4 heteroatoms. The average molecular weight is 815 g/mol. The van der Waals surface area contributed by atoms with Crippen LogP contribution < -0.4 is 0 Å². The molecule has 13 aromatic rings. The molecule has 0 N–H and O–H groups in total. The van der Waals surface area contributed by atoms with Crippen LogP contribution >= 0.6 is 0 Å². The summed E-state index contributed by atoms with van der Waals surface area (Å²) in [5.41, 5.74) is 15.5. The van der Waals surface area contributed by atoms with Crippen LogP contribution in [0.4, 0.5) is 0 Å². The Morgan fingerprint density at radius 3 is 1.42 bits per heavy atom. The van der Waals surface area contributed by atoms with E-state index in [9.17, 15) is 0 Å². The van der Waals surface area contributed by atoms with E-state index in [-0.39, 0.29) is 0 Å². The summed E-state index contributed by atoms with van der Waals surface area (Å²) in [5.74, 6) is 0.698. The molecule has 64 heavy (non-hydrogen) atoms. The summed E-state index contributed by atoms with van der Waals surface area (Å²) in [6, 6.07) is 82.8. The molecule has 0 radical (unpaired) electrons. The number of fused-ring (bicyclic) bond motifs is 9. The molecule has 0 bridgehead atoms. The number of hydrogen-bond donors (Lipinski definition) is 0. The molecule has 0 fully saturated rings. The lowest BCUT2D eigenvalue weighted by molar-refractivity contribution is 1.17. The van der Waals surface area contributed by atoms with Crippen LogP contribution in [0.15, 0.2) is 231 Å². The molecule has 0 atom stereocenters. The van der Waals surface area contributed by atoms with Gasteiger partial charge in [-0.15, -0.1) is 0 Å². The fourth-order valence-corrected chi connectivity index (χ4v) is 9.88. The lowest BCUT2D eigenvalue weighted by Gasteiger charge is -2.13. The maximum Gasteiger partial charge on any atom is 0.160 e. The van der Waals surface area contributed by atoms with Gasteiger partial charge >= 0.3 is 0 Å². The lowest BCUT2D eigenvalue weighted by atomic mass is 9.98. The number of rotatable bonds is 6. The third-order valence-corrected chi connectivity index (χ3v) is 12.9. The van der Waals surface area contributed by atoms with Crippen molar-refractivity contribution in [2.75, 3.05) is 0 Å². The first-order chi connectivity index (χ1) is 31.7. The van der Waals surface area contributed by atoms with E-state index in [0.29, 0.717) is 5.82 Å². The minimum Gasteiger partial charge on any atom is -0.309 e. The van der Waals surface area contributed by atoms with Crippen LogP contribution in [0.5, 0.6) is 0 Å². The Balaban J connectivity index is 0.951. The van der Waals surface area contributed by atoms with E-state index in [2.05, 4.69) is 240 Å². The standard InChI is InChI=1S/C60H38N4/c1-3-14-39(15-4-1)42-17-13-18-45(36-42)58-53-35-28-40-16-7-8-21-48(40)59(53)62-60(61-58)41-26-31-47(32-27-41)64-55-25-12-10-23-50(55)52-34-30-44(38-57(52)64)43-29-33-51-49-22-9-11-24-54(49)63(56(51)37-43)46-19-5-2-6-20-46/h1-38H. The summed E-state index contributed by atoms with van der Waals surface area (Å²) < 4.78 is 4.78. The molecule has 298 valence electrons. The van der Waals surface area contributed by atoms with Crippen molar-refractivity contribution in [2.45, 2.75) is 0 Å². The van der Waals surface area contributed by atoms with Gasteiger partial charge in [0.05, 0.1) is 33.3 Å². The summed E-state index contributed by atoms with van der Waals surface area (Å²) >= 11 is 0. The molecule has 10 aromatic carbocycles. The van der Waals surface area contributed by atoms with Crippen LogP contribution in [-0.2, 0) is 0 Å². The largest absolute Gasteiger partial charge is 0.309 e. The Morgan fingerprint density at radius 1 is 0.266 bits per heavy atom. The molecule has 0 aliphatic carbocycles. The molecular weight excluding hydrogens is 777 g/mol. The van der Waals surface area contributed by atoms with Crippen LogP contribution in [0.25, 0.3) is 122 Å². The lowest BCUT2D eigenvalue weighted by Crippen LogP contribution is -1.98. The third-order valence-electron chi connectivity index (χ3n) is 12.9. The number of aromatic nitrogens is 4. The van der Waals surface area contributed by atoms with Gasteiger partial charge in [-0.25, -0.2) is 9.97 Å². The van der Waals surface area contributed by atoms with Gasteiger partial charge < -0.3 is 9.13 Å². The Bertz CT molecular complexity index is 3940. The minimum atomic E-state index is 0.698. The molecule has 0 aliphatic rings. The van der Waals surface area contributed by atoms with Crippen molar-refractivity contribution in [1.29, 1.82) is 0 Å². The van der Waals surface area contributed by atoms with Gasteiger partial charge in [0.2, 0.25) is 0 Å². The zero-order valence-corrected chi connectivity index (χ0v) is 34.7. The molecular formula is C60H38N4. The van der Waals surface area contributed by atoms with Crippen LogP contribution in [0.2, 0.25) is 0 Å². The van der Waals surface area contributed by atoms with Crippen molar-refractivity contribution >= 4 is 65.3 Å². The fraction of sp³-hybridized carbons (Fsp3) is 0. The SMILES string of the molecule is c1ccc(-c2cccc(-c3nc(-c4ccc(-n5c6ccccc6c6ccc(-c7ccc8c9ccccc9n(-c9ccccc9)c8c7)cc65)cc4)nc4c3ccc3ccccc34)c2)cc1. The van der Waals surface area contributed by atoms with Crippen molar-refractivity contribution in [3.05, 3.63) is 231 Å². The van der Waals surface area contributed by atoms with E-state index < -0.39 is 0 Å². The molecule has 3 aromatic heterocycles. The Labute approximate surface area is 369 Å².